The number of benzene rings is 1. The van der Waals surface area contributed by atoms with Gasteiger partial charge in [0.15, 0.2) is 0 Å². The SMILES string of the molecule is COc1ccc(NC(=O)/C=C(\C)N2CCCC2)cc1. The summed E-state index contributed by atoms with van der Waals surface area (Å²) >= 11 is 0. The lowest BCUT2D eigenvalue weighted by Crippen LogP contribution is -2.19. The van der Waals surface area contributed by atoms with Gasteiger partial charge in [0, 0.05) is 30.5 Å². The molecule has 1 heterocycles. The number of nitrogens with one attached hydrogen (secondary N) is 1. The van der Waals surface area contributed by atoms with Crippen LogP contribution in [0.3, 0.4) is 0 Å². The Labute approximate surface area is 114 Å². The highest BCUT2D eigenvalue weighted by Gasteiger charge is 2.12. The fourth-order valence-corrected chi connectivity index (χ4v) is 2.20. The zero-order chi connectivity index (χ0) is 13.7. The molecule has 2 rings (SSSR count). The van der Waals surface area contributed by atoms with Gasteiger partial charge in [-0.1, -0.05) is 0 Å². The number of amides is 1. The lowest BCUT2D eigenvalue weighted by atomic mass is 10.3. The Morgan fingerprint density at radius 1 is 1.26 bits per heavy atom. The van der Waals surface area contributed by atoms with Crippen molar-refractivity contribution < 1.29 is 9.53 Å². The van der Waals surface area contributed by atoms with Crippen LogP contribution in [0, 0.1) is 0 Å². The van der Waals surface area contributed by atoms with Crippen LogP contribution in [0.25, 0.3) is 0 Å². The van der Waals surface area contributed by atoms with Crippen molar-refractivity contribution >= 4 is 11.6 Å². The van der Waals surface area contributed by atoms with Crippen LogP contribution >= 0.6 is 0 Å². The molecule has 0 bridgehead atoms. The zero-order valence-electron chi connectivity index (χ0n) is 11.5. The first-order valence-electron chi connectivity index (χ1n) is 6.57. The van der Waals surface area contributed by atoms with E-state index in [1.807, 2.05) is 31.2 Å². The summed E-state index contributed by atoms with van der Waals surface area (Å²) < 4.78 is 5.07. The Balaban J connectivity index is 1.94. The Bertz CT molecular complexity index is 460. The normalized spacial score (nSPS) is 15.5. The van der Waals surface area contributed by atoms with Crippen LogP contribution in [0.4, 0.5) is 5.69 Å². The Kier molecular flexibility index (Phi) is 4.44. The maximum Gasteiger partial charge on any atom is 0.250 e. The summed E-state index contributed by atoms with van der Waals surface area (Å²) in [6, 6.07) is 7.31. The first-order valence-corrected chi connectivity index (χ1v) is 6.57. The van der Waals surface area contributed by atoms with Crippen molar-refractivity contribution in [3.8, 4) is 5.75 Å². The van der Waals surface area contributed by atoms with E-state index in [1.165, 1.54) is 12.8 Å². The van der Waals surface area contributed by atoms with Crippen molar-refractivity contribution in [2.75, 3.05) is 25.5 Å². The van der Waals surface area contributed by atoms with Crippen LogP contribution in [-0.4, -0.2) is 31.0 Å². The van der Waals surface area contributed by atoms with Gasteiger partial charge in [-0.3, -0.25) is 4.79 Å². The summed E-state index contributed by atoms with van der Waals surface area (Å²) in [6.45, 7) is 4.09. The summed E-state index contributed by atoms with van der Waals surface area (Å²) in [7, 11) is 1.62. The predicted octanol–water partition coefficient (Wildman–Crippen LogP) is 2.63. The molecule has 0 aromatic heterocycles. The number of allylic oxidation sites excluding steroid dienone is 1. The third-order valence-electron chi connectivity index (χ3n) is 3.30. The Hall–Kier alpha value is -1.97. The standard InChI is InChI=1S/C15H20N2O2/c1-12(17-9-3-4-10-17)11-15(18)16-13-5-7-14(19-2)8-6-13/h5-8,11H,3-4,9-10H2,1-2H3,(H,16,18)/b12-11+. The van der Waals surface area contributed by atoms with Gasteiger partial charge in [0.25, 0.3) is 0 Å². The van der Waals surface area contributed by atoms with Gasteiger partial charge in [-0.25, -0.2) is 0 Å². The topological polar surface area (TPSA) is 41.6 Å². The van der Waals surface area contributed by atoms with Crippen molar-refractivity contribution in [3.05, 3.63) is 36.0 Å². The largest absolute Gasteiger partial charge is 0.497 e. The minimum atomic E-state index is -0.0884. The fraction of sp³-hybridized carbons (Fsp3) is 0.400. The van der Waals surface area contributed by atoms with E-state index >= 15 is 0 Å². The van der Waals surface area contributed by atoms with Crippen LogP contribution in [0.5, 0.6) is 5.75 Å². The average Bonchev–Trinajstić information content (AvgIpc) is 2.93. The smallest absolute Gasteiger partial charge is 0.250 e. The van der Waals surface area contributed by atoms with E-state index in [0.717, 1.165) is 30.2 Å². The second-order valence-electron chi connectivity index (χ2n) is 4.70. The van der Waals surface area contributed by atoms with Crippen LogP contribution in [0.2, 0.25) is 0 Å². The molecule has 1 saturated heterocycles. The molecule has 1 N–H and O–H groups in total. The fourth-order valence-electron chi connectivity index (χ4n) is 2.20. The molecule has 0 unspecified atom stereocenters. The van der Waals surface area contributed by atoms with Crippen molar-refractivity contribution in [1.82, 2.24) is 4.90 Å². The van der Waals surface area contributed by atoms with E-state index in [0.29, 0.717) is 0 Å². The number of anilines is 1. The summed E-state index contributed by atoms with van der Waals surface area (Å²) in [4.78, 5) is 14.1. The molecule has 19 heavy (non-hydrogen) atoms. The number of carbonyl (C=O) groups is 1. The number of hydrogen-bond acceptors (Lipinski definition) is 3. The van der Waals surface area contributed by atoms with Crippen molar-refractivity contribution in [2.24, 2.45) is 0 Å². The number of likely N-dealkylation sites (tertiary alicyclic amines) is 1. The van der Waals surface area contributed by atoms with E-state index in [1.54, 1.807) is 13.2 Å². The molecule has 4 heteroatoms. The van der Waals surface area contributed by atoms with E-state index in [2.05, 4.69) is 10.2 Å². The zero-order valence-corrected chi connectivity index (χ0v) is 11.5. The molecular weight excluding hydrogens is 240 g/mol. The Morgan fingerprint density at radius 3 is 2.47 bits per heavy atom. The minimum Gasteiger partial charge on any atom is -0.497 e. The summed E-state index contributed by atoms with van der Waals surface area (Å²) in [5.41, 5.74) is 1.81. The second kappa shape index (κ2) is 6.27. The molecule has 1 fully saturated rings. The van der Waals surface area contributed by atoms with Gasteiger partial charge in [0.1, 0.15) is 5.75 Å². The average molecular weight is 260 g/mol. The third kappa shape index (κ3) is 3.74. The van der Waals surface area contributed by atoms with Gasteiger partial charge in [-0.2, -0.15) is 0 Å². The highest BCUT2D eigenvalue weighted by atomic mass is 16.5. The number of hydrogen-bond donors (Lipinski definition) is 1. The van der Waals surface area contributed by atoms with Crippen LogP contribution in [0.15, 0.2) is 36.0 Å². The van der Waals surface area contributed by atoms with E-state index in [9.17, 15) is 4.79 Å². The lowest BCUT2D eigenvalue weighted by molar-refractivity contribution is -0.112. The molecule has 0 radical (unpaired) electrons. The highest BCUT2D eigenvalue weighted by Crippen LogP contribution is 2.16. The number of rotatable bonds is 4. The molecule has 4 nitrogen and oxygen atoms in total. The van der Waals surface area contributed by atoms with E-state index in [4.69, 9.17) is 4.74 Å². The van der Waals surface area contributed by atoms with Crippen LogP contribution in [0.1, 0.15) is 19.8 Å². The maximum absolute atomic E-state index is 11.9. The third-order valence-corrected chi connectivity index (χ3v) is 3.30. The van der Waals surface area contributed by atoms with Crippen molar-refractivity contribution in [2.45, 2.75) is 19.8 Å². The lowest BCUT2D eigenvalue weighted by Gasteiger charge is -2.17. The summed E-state index contributed by atoms with van der Waals surface area (Å²) in [5, 5.41) is 2.85. The summed E-state index contributed by atoms with van der Waals surface area (Å²) in [6.07, 6.45) is 4.09. The van der Waals surface area contributed by atoms with Crippen molar-refractivity contribution in [3.63, 3.8) is 0 Å². The number of carbonyl (C=O) groups excluding carboxylic acids is 1. The first kappa shape index (κ1) is 13.5. The van der Waals surface area contributed by atoms with Crippen LogP contribution < -0.4 is 10.1 Å². The second-order valence-corrected chi connectivity index (χ2v) is 4.70. The van der Waals surface area contributed by atoms with Crippen LogP contribution in [-0.2, 0) is 4.79 Å². The van der Waals surface area contributed by atoms with Gasteiger partial charge >= 0.3 is 0 Å². The molecule has 1 aromatic carbocycles. The van der Waals surface area contributed by atoms with E-state index < -0.39 is 0 Å². The van der Waals surface area contributed by atoms with Gasteiger partial charge in [0.05, 0.1) is 7.11 Å². The first-order chi connectivity index (χ1) is 9.19. The molecule has 0 aliphatic carbocycles. The molecule has 1 aliphatic heterocycles. The number of methoxy groups -OCH3 is 1. The Morgan fingerprint density at radius 2 is 1.89 bits per heavy atom. The van der Waals surface area contributed by atoms with E-state index in [-0.39, 0.29) is 5.91 Å². The van der Waals surface area contributed by atoms with Crippen molar-refractivity contribution in [1.29, 1.82) is 0 Å². The quantitative estimate of drug-likeness (QED) is 0.846. The van der Waals surface area contributed by atoms with Gasteiger partial charge in [0.2, 0.25) is 5.91 Å². The molecule has 0 spiro atoms. The minimum absolute atomic E-state index is 0.0884. The highest BCUT2D eigenvalue weighted by molar-refractivity contribution is 5.99. The molecule has 1 aliphatic rings. The van der Waals surface area contributed by atoms with Gasteiger partial charge in [-0.15, -0.1) is 0 Å². The molecule has 1 amide bonds. The molecule has 1 aromatic rings. The molecule has 0 atom stereocenters. The summed E-state index contributed by atoms with van der Waals surface area (Å²) in [5.74, 6) is 0.691. The monoisotopic (exact) mass is 260 g/mol. The number of nitrogens with zero attached hydrogens (tertiary/aromatic N) is 1. The van der Waals surface area contributed by atoms with Gasteiger partial charge < -0.3 is 15.0 Å². The number of ether oxygens (including phenoxy) is 1. The van der Waals surface area contributed by atoms with Gasteiger partial charge in [-0.05, 0) is 44.0 Å². The molecule has 102 valence electrons. The predicted molar refractivity (Wildman–Crippen MR) is 76.2 cm³/mol. The molecule has 0 saturated carbocycles. The molecular formula is C15H20N2O2. The maximum atomic E-state index is 11.9.